The zero-order chi connectivity index (χ0) is 41.2. The van der Waals surface area contributed by atoms with Gasteiger partial charge in [0.2, 0.25) is 17.7 Å². The predicted molar refractivity (Wildman–Crippen MR) is 212 cm³/mol. The third-order valence-electron chi connectivity index (χ3n) is 10.5. The van der Waals surface area contributed by atoms with Crippen molar-refractivity contribution in [2.24, 2.45) is 5.41 Å². The molecule has 2 aliphatic heterocycles. The van der Waals surface area contributed by atoms with Crippen molar-refractivity contribution < 1.29 is 32.7 Å². The van der Waals surface area contributed by atoms with Gasteiger partial charge in [-0.15, -0.1) is 21.5 Å². The van der Waals surface area contributed by atoms with Gasteiger partial charge in [0.15, 0.2) is 11.5 Å². The maximum Gasteiger partial charge on any atom is 0.435 e. The van der Waals surface area contributed by atoms with Crippen molar-refractivity contribution in [1.82, 2.24) is 35.6 Å². The number of nitrogens with zero attached hydrogens (tertiary/aromatic N) is 6. The number of hydrogen-bond donors (Lipinski definition) is 4. The lowest BCUT2D eigenvalue weighted by Crippen LogP contribution is -2.59. The molecule has 2 aromatic heterocycles. The zero-order valence-electron chi connectivity index (χ0n) is 32.5. The minimum absolute atomic E-state index is 0.0268. The number of aromatic nitrogens is 3. The quantitative estimate of drug-likeness (QED) is 0.177. The predicted octanol–water partition coefficient (Wildman–Crippen LogP) is 4.67. The fourth-order valence-electron chi connectivity index (χ4n) is 7.21. The summed E-state index contributed by atoms with van der Waals surface area (Å²) >= 11 is 1.56. The number of alkyl halides is 3. The Morgan fingerprint density at radius 3 is 2.21 bits per heavy atom. The highest BCUT2D eigenvalue weighted by molar-refractivity contribution is 7.13. The third kappa shape index (κ3) is 9.71. The van der Waals surface area contributed by atoms with Crippen LogP contribution in [0.5, 0.6) is 0 Å². The molecule has 0 spiro atoms. The van der Waals surface area contributed by atoms with Crippen molar-refractivity contribution in [2.75, 3.05) is 49.9 Å². The second kappa shape index (κ2) is 16.8. The van der Waals surface area contributed by atoms with E-state index >= 15 is 0 Å². The molecule has 17 heteroatoms. The number of hydrogen-bond acceptors (Lipinski definition) is 11. The number of amides is 3. The summed E-state index contributed by atoms with van der Waals surface area (Å²) in [5.41, 5.74) is 10.2. The highest BCUT2D eigenvalue weighted by Crippen LogP contribution is 2.34. The van der Waals surface area contributed by atoms with E-state index < -0.39 is 41.4 Å². The van der Waals surface area contributed by atoms with E-state index in [0.717, 1.165) is 33.5 Å². The lowest BCUT2D eigenvalue weighted by Gasteiger charge is -2.37. The molecule has 3 amide bonds. The first kappa shape index (κ1) is 41.5. The Hall–Kier alpha value is -5.13. The molecule has 5 N–H and O–H groups in total. The number of benzene rings is 2. The Balaban J connectivity index is 1.03. The molecule has 4 atom stereocenters. The number of nitrogens with two attached hydrogens (primary N) is 1. The topological polar surface area (TPSA) is 170 Å². The molecule has 2 unspecified atom stereocenters. The minimum atomic E-state index is -4.65. The van der Waals surface area contributed by atoms with Crippen LogP contribution in [0.4, 0.5) is 24.7 Å². The van der Waals surface area contributed by atoms with Gasteiger partial charge in [0.05, 0.1) is 34.8 Å². The smallest absolute Gasteiger partial charge is 0.391 e. The molecule has 4 aromatic rings. The van der Waals surface area contributed by atoms with Crippen molar-refractivity contribution in [3.8, 4) is 21.6 Å². The summed E-state index contributed by atoms with van der Waals surface area (Å²) in [6, 6.07) is 13.5. The average Bonchev–Trinajstić information content (AvgIpc) is 3.78. The largest absolute Gasteiger partial charge is 0.435 e. The lowest BCUT2D eigenvalue weighted by atomic mass is 9.85. The van der Waals surface area contributed by atoms with Crippen LogP contribution in [0.25, 0.3) is 21.6 Å². The fraction of sp³-hybridized carbons (Fsp3) is 0.450. The van der Waals surface area contributed by atoms with Crippen LogP contribution in [0.2, 0.25) is 0 Å². The van der Waals surface area contributed by atoms with Crippen LogP contribution in [0.3, 0.4) is 0 Å². The number of thiazole rings is 1. The SMILES string of the molecule is Cc1ncsc1-c1ccc(C(C)NC(=O)[C@@H]2C[C@@H](O)CN2C(=O)C(NC(=O)CN2CCN(c3ccc(-c4cc(C(F)(F)F)nnc4N)cc3)CC2)C(C)(C)C)cc1. The molecule has 4 heterocycles. The van der Waals surface area contributed by atoms with E-state index in [-0.39, 0.29) is 48.7 Å². The number of anilines is 2. The molecule has 2 fully saturated rings. The summed E-state index contributed by atoms with van der Waals surface area (Å²) in [7, 11) is 0. The molecule has 13 nitrogen and oxygen atoms in total. The number of β-amino-alcohol motifs (C(OH)–C–C–N with tert-alkyl or cyclic N) is 1. The molecule has 6 rings (SSSR count). The maximum absolute atomic E-state index is 14.1. The number of nitrogen functional groups attached to an aromatic ring is 1. The van der Waals surface area contributed by atoms with E-state index in [1.807, 2.05) is 63.8 Å². The summed E-state index contributed by atoms with van der Waals surface area (Å²) < 4.78 is 39.6. The second-order valence-electron chi connectivity index (χ2n) is 15.7. The Morgan fingerprint density at radius 2 is 1.61 bits per heavy atom. The van der Waals surface area contributed by atoms with E-state index in [0.29, 0.717) is 31.7 Å². The van der Waals surface area contributed by atoms with E-state index in [4.69, 9.17) is 5.73 Å². The van der Waals surface area contributed by atoms with Crippen LogP contribution < -0.4 is 21.3 Å². The number of carbonyl (C=O) groups is 3. The molecule has 0 radical (unpaired) electrons. The molecular weight excluding hydrogens is 760 g/mol. The Morgan fingerprint density at radius 1 is 0.965 bits per heavy atom. The monoisotopic (exact) mass is 807 g/mol. The first-order chi connectivity index (χ1) is 26.9. The van der Waals surface area contributed by atoms with Crippen LogP contribution in [-0.2, 0) is 20.6 Å². The maximum atomic E-state index is 14.1. The van der Waals surface area contributed by atoms with Crippen LogP contribution >= 0.6 is 11.3 Å². The molecule has 304 valence electrons. The first-order valence-electron chi connectivity index (χ1n) is 18.8. The summed E-state index contributed by atoms with van der Waals surface area (Å²) in [6.07, 6.45) is -5.46. The van der Waals surface area contributed by atoms with Gasteiger partial charge < -0.3 is 31.3 Å². The number of halogens is 3. The normalized spacial score (nSPS) is 19.0. The van der Waals surface area contributed by atoms with E-state index in [1.54, 1.807) is 41.1 Å². The van der Waals surface area contributed by atoms with Gasteiger partial charge in [-0.25, -0.2) is 4.98 Å². The van der Waals surface area contributed by atoms with Gasteiger partial charge in [0.25, 0.3) is 0 Å². The van der Waals surface area contributed by atoms with Crippen molar-refractivity contribution in [3.05, 3.63) is 77.1 Å². The van der Waals surface area contributed by atoms with Crippen molar-refractivity contribution in [1.29, 1.82) is 0 Å². The van der Waals surface area contributed by atoms with Gasteiger partial charge >= 0.3 is 6.18 Å². The highest BCUT2D eigenvalue weighted by atomic mass is 32.1. The molecule has 0 aliphatic carbocycles. The number of rotatable bonds is 10. The van der Waals surface area contributed by atoms with Crippen LogP contribution in [0.1, 0.15) is 57.1 Å². The number of carbonyl (C=O) groups excluding carboxylic acids is 3. The standard InChI is InChI=1S/C40H48F3N9O4S/c1-23(25-6-8-27(9-7-25)34-24(2)45-22-57-34)46-37(55)31-18-29(53)20-52(31)38(56)35(39(3,4)5)47-33(54)21-50-14-16-51(17-15-50)28-12-10-26(11-13-28)30-19-32(40(41,42)43)48-49-36(30)44/h6-13,19,22-23,29,31,35,53H,14-18,20-21H2,1-5H3,(H2,44,49)(H,46,55)(H,47,54)/t23?,29-,31+,35?/m1/s1. The van der Waals surface area contributed by atoms with Gasteiger partial charge in [0.1, 0.15) is 12.1 Å². The molecule has 2 aliphatic rings. The van der Waals surface area contributed by atoms with E-state index in [9.17, 15) is 32.7 Å². The Labute approximate surface area is 333 Å². The lowest BCUT2D eigenvalue weighted by molar-refractivity contribution is -0.144. The molecule has 57 heavy (non-hydrogen) atoms. The second-order valence-corrected chi connectivity index (χ2v) is 16.6. The molecule has 2 saturated heterocycles. The number of nitrogens with one attached hydrogen (secondary N) is 2. The van der Waals surface area contributed by atoms with Crippen molar-refractivity contribution in [3.63, 3.8) is 0 Å². The Bertz CT molecular complexity index is 2060. The van der Waals surface area contributed by atoms with Crippen LogP contribution in [0, 0.1) is 12.3 Å². The number of aliphatic hydroxyl groups is 1. The molecule has 0 bridgehead atoms. The summed E-state index contributed by atoms with van der Waals surface area (Å²) in [5.74, 6) is -1.26. The van der Waals surface area contributed by atoms with Crippen molar-refractivity contribution in [2.45, 2.75) is 71.4 Å². The van der Waals surface area contributed by atoms with Gasteiger partial charge in [-0.1, -0.05) is 57.2 Å². The zero-order valence-corrected chi connectivity index (χ0v) is 33.3. The fourth-order valence-corrected chi connectivity index (χ4v) is 8.02. The molecule has 2 aromatic carbocycles. The van der Waals surface area contributed by atoms with E-state index in [1.165, 1.54) is 4.90 Å². The van der Waals surface area contributed by atoms with Gasteiger partial charge in [0, 0.05) is 50.4 Å². The Kier molecular flexibility index (Phi) is 12.2. The summed E-state index contributed by atoms with van der Waals surface area (Å²) in [5, 5.41) is 23.2. The average molecular weight is 808 g/mol. The summed E-state index contributed by atoms with van der Waals surface area (Å²) in [6.45, 7) is 11.6. The number of likely N-dealkylation sites (tertiary alicyclic amines) is 1. The van der Waals surface area contributed by atoms with Gasteiger partial charge in [-0.05, 0) is 54.2 Å². The van der Waals surface area contributed by atoms with E-state index in [2.05, 4.69) is 30.7 Å². The third-order valence-corrected chi connectivity index (χ3v) is 11.4. The highest BCUT2D eigenvalue weighted by Gasteiger charge is 2.45. The van der Waals surface area contributed by atoms with Crippen LogP contribution in [-0.4, -0.2) is 105 Å². The molecule has 0 saturated carbocycles. The van der Waals surface area contributed by atoms with Gasteiger partial charge in [-0.2, -0.15) is 13.2 Å². The molecular formula is C40H48F3N9O4S. The number of piperazine rings is 1. The minimum Gasteiger partial charge on any atom is -0.391 e. The number of aryl methyl sites for hydroxylation is 1. The summed E-state index contributed by atoms with van der Waals surface area (Å²) in [4.78, 5) is 52.1. The number of aliphatic hydroxyl groups excluding tert-OH is 1. The van der Waals surface area contributed by atoms with Gasteiger partial charge in [-0.3, -0.25) is 19.3 Å². The van der Waals surface area contributed by atoms with Crippen molar-refractivity contribution >= 4 is 40.6 Å². The first-order valence-corrected chi connectivity index (χ1v) is 19.6. The van der Waals surface area contributed by atoms with Crippen LogP contribution in [0.15, 0.2) is 60.1 Å².